The normalized spacial score (nSPS) is 14.9. The molecule has 154 valence electrons. The van der Waals surface area contributed by atoms with E-state index >= 15 is 0 Å². The molecule has 0 aliphatic heterocycles. The molecule has 1 aromatic rings. The van der Waals surface area contributed by atoms with Crippen molar-refractivity contribution in [2.75, 3.05) is 6.54 Å². The van der Waals surface area contributed by atoms with Gasteiger partial charge in [-0.1, -0.05) is 6.92 Å². The third kappa shape index (κ3) is 4.75. The quantitative estimate of drug-likeness (QED) is 0.199. The number of Topliss-reactive ketones (excluding diaryl/α,β-unsaturated/α-hetero) is 1. The standard InChI is InChI=1S/C16H24N6O5S/c1-4-12(25)15(17,11-7-18-8-20-11)16(14(27)28,21-10(3)24)22-13(26)5-6-19-9(2)23/h7-8H,4-6,17H2,1-3H3,(H,18,20)(H,19,23)(H,21,24)(H,22,26)(H,27,28)/t15?,16-/m1/s1. The molecule has 1 aromatic heterocycles. The predicted molar refractivity (Wildman–Crippen MR) is 102 cm³/mol. The molecule has 0 saturated carbocycles. The number of imidazole rings is 1. The summed E-state index contributed by atoms with van der Waals surface area (Å²) in [5.74, 6) is -2.49. The lowest BCUT2D eigenvalue weighted by atomic mass is 9.77. The summed E-state index contributed by atoms with van der Waals surface area (Å²) in [6, 6.07) is 0. The van der Waals surface area contributed by atoms with Gasteiger partial charge in [0.05, 0.1) is 18.2 Å². The maximum Gasteiger partial charge on any atom is 0.234 e. The summed E-state index contributed by atoms with van der Waals surface area (Å²) in [5.41, 5.74) is 1.77. The number of carbonyl (C=O) groups excluding carboxylic acids is 5. The molecule has 6 N–H and O–H groups in total. The smallest absolute Gasteiger partial charge is 0.234 e. The van der Waals surface area contributed by atoms with Crippen LogP contribution >= 0.6 is 12.6 Å². The number of thiol groups is 1. The summed E-state index contributed by atoms with van der Waals surface area (Å²) in [7, 11) is 0. The predicted octanol–water partition coefficient (Wildman–Crippen LogP) is -1.53. The van der Waals surface area contributed by atoms with E-state index in [2.05, 4.69) is 38.5 Å². The van der Waals surface area contributed by atoms with Crippen molar-refractivity contribution in [2.24, 2.45) is 5.73 Å². The Hall–Kier alpha value is -2.73. The number of nitrogens with one attached hydrogen (secondary N) is 4. The number of hydrogen-bond acceptors (Lipinski definition) is 7. The molecule has 1 heterocycles. The Kier molecular flexibility index (Phi) is 7.88. The molecule has 0 fully saturated rings. The number of aromatic nitrogens is 2. The second-order valence-corrected chi connectivity index (χ2v) is 6.47. The number of amides is 3. The Morgan fingerprint density at radius 1 is 1.18 bits per heavy atom. The van der Waals surface area contributed by atoms with E-state index in [0.29, 0.717) is 0 Å². The average Bonchev–Trinajstić information content (AvgIpc) is 3.13. The van der Waals surface area contributed by atoms with Gasteiger partial charge in [-0.15, -0.1) is 12.6 Å². The van der Waals surface area contributed by atoms with Gasteiger partial charge in [-0.05, 0) is 0 Å². The highest BCUT2D eigenvalue weighted by atomic mass is 32.1. The van der Waals surface area contributed by atoms with Crippen molar-refractivity contribution in [2.45, 2.75) is 44.8 Å². The molecule has 0 saturated heterocycles. The topological polar surface area (TPSA) is 176 Å². The summed E-state index contributed by atoms with van der Waals surface area (Å²) >= 11 is 3.81. The van der Waals surface area contributed by atoms with Gasteiger partial charge in [0, 0.05) is 33.2 Å². The van der Waals surface area contributed by atoms with Gasteiger partial charge in [-0.2, -0.15) is 0 Å². The fourth-order valence-electron chi connectivity index (χ4n) is 2.70. The third-order valence-electron chi connectivity index (χ3n) is 4.01. The number of H-pyrrole nitrogens is 1. The van der Waals surface area contributed by atoms with Crippen LogP contribution in [0.5, 0.6) is 0 Å². The van der Waals surface area contributed by atoms with Crippen LogP contribution in [-0.2, 0) is 29.5 Å². The van der Waals surface area contributed by atoms with E-state index in [9.17, 15) is 24.0 Å². The summed E-state index contributed by atoms with van der Waals surface area (Å²) in [6.45, 7) is 3.86. The molecular weight excluding hydrogens is 388 g/mol. The van der Waals surface area contributed by atoms with E-state index < -0.39 is 33.9 Å². The first-order valence-corrected chi connectivity index (χ1v) is 8.84. The second kappa shape index (κ2) is 9.46. The van der Waals surface area contributed by atoms with Gasteiger partial charge in [0.2, 0.25) is 28.5 Å². The average molecular weight is 412 g/mol. The number of nitrogens with zero attached hydrogens (tertiary/aromatic N) is 1. The maximum atomic E-state index is 12.8. The monoisotopic (exact) mass is 412 g/mol. The molecule has 1 rings (SSSR count). The second-order valence-electron chi connectivity index (χ2n) is 6.07. The highest BCUT2D eigenvalue weighted by Gasteiger charge is 2.60. The molecule has 0 aliphatic rings. The largest absolute Gasteiger partial charge is 0.356 e. The van der Waals surface area contributed by atoms with Crippen LogP contribution < -0.4 is 21.7 Å². The van der Waals surface area contributed by atoms with E-state index in [0.717, 1.165) is 6.92 Å². The Morgan fingerprint density at radius 2 is 1.82 bits per heavy atom. The van der Waals surface area contributed by atoms with Gasteiger partial charge >= 0.3 is 0 Å². The number of rotatable bonds is 10. The van der Waals surface area contributed by atoms with Crippen LogP contribution in [0.2, 0.25) is 0 Å². The number of hydrogen-bond donors (Lipinski definition) is 6. The van der Waals surface area contributed by atoms with E-state index in [-0.39, 0.29) is 31.0 Å². The molecule has 0 radical (unpaired) electrons. The Balaban J connectivity index is 3.48. The van der Waals surface area contributed by atoms with Crippen LogP contribution in [0.1, 0.15) is 39.3 Å². The van der Waals surface area contributed by atoms with Crippen LogP contribution in [-0.4, -0.2) is 50.8 Å². The zero-order chi connectivity index (χ0) is 21.5. The molecule has 0 bridgehead atoms. The summed E-state index contributed by atoms with van der Waals surface area (Å²) in [4.78, 5) is 67.2. The minimum atomic E-state index is -2.39. The molecule has 11 nitrogen and oxygen atoms in total. The molecule has 12 heteroatoms. The molecule has 0 aliphatic carbocycles. The Bertz CT molecular complexity index is 768. The summed E-state index contributed by atoms with van der Waals surface area (Å²) in [5, 5.41) is 5.99. The summed E-state index contributed by atoms with van der Waals surface area (Å²) in [6.07, 6.45) is 2.10. The van der Waals surface area contributed by atoms with Crippen molar-refractivity contribution in [3.63, 3.8) is 0 Å². The van der Waals surface area contributed by atoms with Crippen molar-refractivity contribution >= 4 is 41.2 Å². The molecule has 2 atom stereocenters. The van der Waals surface area contributed by atoms with E-state index in [4.69, 9.17) is 5.73 Å². The molecule has 1 unspecified atom stereocenters. The van der Waals surface area contributed by atoms with Gasteiger partial charge in [-0.3, -0.25) is 24.0 Å². The lowest BCUT2D eigenvalue weighted by Gasteiger charge is -2.44. The minimum Gasteiger partial charge on any atom is -0.356 e. The maximum absolute atomic E-state index is 12.8. The van der Waals surface area contributed by atoms with Crippen molar-refractivity contribution in [1.82, 2.24) is 25.9 Å². The Morgan fingerprint density at radius 3 is 2.25 bits per heavy atom. The number of nitrogens with two attached hydrogens (primary N) is 1. The van der Waals surface area contributed by atoms with Crippen LogP contribution in [0.4, 0.5) is 0 Å². The minimum absolute atomic E-state index is 0.00217. The fourth-order valence-corrected chi connectivity index (χ4v) is 2.99. The van der Waals surface area contributed by atoms with Gasteiger partial charge in [0.25, 0.3) is 0 Å². The molecule has 3 amide bonds. The van der Waals surface area contributed by atoms with E-state index in [1.807, 2.05) is 0 Å². The zero-order valence-corrected chi connectivity index (χ0v) is 16.7. The lowest BCUT2D eigenvalue weighted by Crippen LogP contribution is -2.79. The number of carbonyl (C=O) groups is 5. The van der Waals surface area contributed by atoms with Crippen molar-refractivity contribution in [1.29, 1.82) is 0 Å². The molecular formula is C16H24N6O5S. The zero-order valence-electron chi connectivity index (χ0n) is 15.8. The third-order valence-corrected chi connectivity index (χ3v) is 4.35. The van der Waals surface area contributed by atoms with Crippen LogP contribution in [0.15, 0.2) is 12.5 Å². The van der Waals surface area contributed by atoms with Crippen LogP contribution in [0.25, 0.3) is 0 Å². The first kappa shape index (κ1) is 23.3. The van der Waals surface area contributed by atoms with E-state index in [1.165, 1.54) is 26.4 Å². The number of ketones is 1. The highest BCUT2D eigenvalue weighted by Crippen LogP contribution is 2.32. The Labute approximate surface area is 167 Å². The SMILES string of the molecule is CCC(=O)C(N)(c1cnc[nH]1)[C@](NC(C)=O)(NC(=O)CCNC(C)=O)C(=O)S. The van der Waals surface area contributed by atoms with Gasteiger partial charge in [0.1, 0.15) is 0 Å². The van der Waals surface area contributed by atoms with Crippen LogP contribution in [0.3, 0.4) is 0 Å². The highest BCUT2D eigenvalue weighted by molar-refractivity contribution is 7.96. The molecule has 0 aromatic carbocycles. The summed E-state index contributed by atoms with van der Waals surface area (Å²) < 4.78 is 0. The first-order valence-electron chi connectivity index (χ1n) is 8.39. The van der Waals surface area contributed by atoms with Gasteiger partial charge in [0.15, 0.2) is 11.3 Å². The number of aromatic amines is 1. The lowest BCUT2D eigenvalue weighted by molar-refractivity contribution is -0.142. The van der Waals surface area contributed by atoms with Crippen molar-refractivity contribution in [3.05, 3.63) is 18.2 Å². The fraction of sp³-hybridized carbons (Fsp3) is 0.500. The van der Waals surface area contributed by atoms with Gasteiger partial charge in [-0.25, -0.2) is 4.98 Å². The van der Waals surface area contributed by atoms with Crippen molar-refractivity contribution in [3.8, 4) is 0 Å². The van der Waals surface area contributed by atoms with Crippen molar-refractivity contribution < 1.29 is 24.0 Å². The molecule has 0 spiro atoms. The van der Waals surface area contributed by atoms with Gasteiger partial charge < -0.3 is 26.7 Å². The van der Waals surface area contributed by atoms with Crippen LogP contribution in [0, 0.1) is 0 Å². The molecule has 28 heavy (non-hydrogen) atoms. The first-order chi connectivity index (χ1) is 13.0. The van der Waals surface area contributed by atoms with E-state index in [1.54, 1.807) is 0 Å².